The molecule has 0 aliphatic carbocycles. The van der Waals surface area contributed by atoms with Crippen LogP contribution in [0.5, 0.6) is 5.88 Å². The molecule has 0 fully saturated rings. The smallest absolute Gasteiger partial charge is 0.422 e. The summed E-state index contributed by atoms with van der Waals surface area (Å²) in [5.74, 6) is 0.352. The quantitative estimate of drug-likeness (QED) is 0.504. The number of rotatable bonds is 7. The minimum absolute atomic E-state index is 0.115. The molecule has 2 aromatic rings. The predicted octanol–water partition coefficient (Wildman–Crippen LogP) is 2.60. The first kappa shape index (κ1) is 23.5. The van der Waals surface area contributed by atoms with E-state index < -0.39 is 22.6 Å². The number of aliphatic imine (C=N–C) groups is 1. The van der Waals surface area contributed by atoms with E-state index in [4.69, 9.17) is 0 Å². The number of aryl methyl sites for hydroxylation is 1. The molecule has 2 rings (SSSR count). The van der Waals surface area contributed by atoms with Gasteiger partial charge in [-0.1, -0.05) is 12.1 Å². The molecule has 11 heteroatoms. The average Bonchev–Trinajstić information content (AvgIpc) is 2.65. The molecule has 1 heterocycles. The van der Waals surface area contributed by atoms with Gasteiger partial charge in [-0.2, -0.15) is 13.2 Å². The third-order valence-electron chi connectivity index (χ3n) is 3.97. The maximum Gasteiger partial charge on any atom is 0.422 e. The number of aromatic nitrogens is 1. The molecule has 0 radical (unpaired) electrons. The number of halogens is 3. The van der Waals surface area contributed by atoms with Gasteiger partial charge in [-0.3, -0.25) is 4.99 Å². The van der Waals surface area contributed by atoms with Gasteiger partial charge in [0.25, 0.3) is 0 Å². The Labute approximate surface area is 173 Å². The highest BCUT2D eigenvalue weighted by molar-refractivity contribution is 7.90. The Hall–Kier alpha value is -2.82. The van der Waals surface area contributed by atoms with Crippen LogP contribution in [0.2, 0.25) is 0 Å². The Kier molecular flexibility index (Phi) is 7.65. The van der Waals surface area contributed by atoms with Gasteiger partial charge in [0.05, 0.1) is 4.90 Å². The molecular formula is C19H23F3N4O3S. The van der Waals surface area contributed by atoms with Gasteiger partial charge in [-0.15, -0.1) is 0 Å². The van der Waals surface area contributed by atoms with Crippen LogP contribution in [0, 0.1) is 6.92 Å². The Balaban J connectivity index is 1.92. The highest BCUT2D eigenvalue weighted by atomic mass is 32.2. The topological polar surface area (TPSA) is 92.7 Å². The number of alkyl halides is 3. The van der Waals surface area contributed by atoms with E-state index >= 15 is 0 Å². The van der Waals surface area contributed by atoms with Crippen LogP contribution >= 0.6 is 0 Å². The zero-order chi connectivity index (χ0) is 22.4. The number of guanidine groups is 1. The van der Waals surface area contributed by atoms with E-state index in [1.807, 2.05) is 0 Å². The maximum atomic E-state index is 12.3. The fraction of sp³-hybridized carbons (Fsp3) is 0.368. The minimum Gasteiger partial charge on any atom is -0.468 e. The molecule has 2 N–H and O–H groups in total. The highest BCUT2D eigenvalue weighted by Crippen LogP contribution is 2.18. The summed E-state index contributed by atoms with van der Waals surface area (Å²) >= 11 is 0. The maximum absolute atomic E-state index is 12.3. The molecule has 0 spiro atoms. The Morgan fingerprint density at radius 1 is 1.13 bits per heavy atom. The third kappa shape index (κ3) is 7.54. The number of hydrogen-bond acceptors (Lipinski definition) is 5. The summed E-state index contributed by atoms with van der Waals surface area (Å²) in [5, 5.41) is 6.14. The molecule has 0 aliphatic rings. The van der Waals surface area contributed by atoms with Crippen LogP contribution in [0.15, 0.2) is 46.4 Å². The van der Waals surface area contributed by atoms with Crippen molar-refractivity contribution in [3.63, 3.8) is 0 Å². The largest absolute Gasteiger partial charge is 0.468 e. The molecule has 0 bridgehead atoms. The summed E-state index contributed by atoms with van der Waals surface area (Å²) in [6.07, 6.45) is -1.90. The number of sulfone groups is 1. The molecule has 1 aromatic carbocycles. The monoisotopic (exact) mass is 444 g/mol. The number of hydrogen-bond donors (Lipinski definition) is 2. The lowest BCUT2D eigenvalue weighted by Crippen LogP contribution is -2.36. The lowest BCUT2D eigenvalue weighted by Gasteiger charge is -2.14. The Morgan fingerprint density at radius 2 is 1.77 bits per heavy atom. The van der Waals surface area contributed by atoms with E-state index in [2.05, 4.69) is 25.3 Å². The Morgan fingerprint density at radius 3 is 2.30 bits per heavy atom. The van der Waals surface area contributed by atoms with E-state index in [1.165, 1.54) is 12.3 Å². The van der Waals surface area contributed by atoms with Crippen LogP contribution in [0.1, 0.15) is 16.7 Å². The van der Waals surface area contributed by atoms with Crippen LogP contribution in [-0.4, -0.2) is 45.4 Å². The number of nitrogens with zero attached hydrogens (tertiary/aromatic N) is 2. The summed E-state index contributed by atoms with van der Waals surface area (Å²) in [6.45, 7) is 1.02. The van der Waals surface area contributed by atoms with Crippen molar-refractivity contribution >= 4 is 15.8 Å². The molecule has 0 atom stereocenters. The lowest BCUT2D eigenvalue weighted by molar-refractivity contribution is -0.154. The summed E-state index contributed by atoms with van der Waals surface area (Å²) in [5.41, 5.74) is 2.19. The van der Waals surface area contributed by atoms with Crippen LogP contribution in [0.3, 0.4) is 0 Å². The summed E-state index contributed by atoms with van der Waals surface area (Å²) in [4.78, 5) is 8.14. The van der Waals surface area contributed by atoms with Crippen molar-refractivity contribution in [3.05, 3.63) is 53.2 Å². The van der Waals surface area contributed by atoms with Crippen LogP contribution < -0.4 is 15.4 Å². The van der Waals surface area contributed by atoms with Crippen molar-refractivity contribution in [2.24, 2.45) is 4.99 Å². The first-order valence-electron chi connectivity index (χ1n) is 8.86. The van der Waals surface area contributed by atoms with Gasteiger partial charge in [0.15, 0.2) is 22.4 Å². The van der Waals surface area contributed by atoms with Gasteiger partial charge in [-0.05, 0) is 35.7 Å². The molecule has 0 saturated heterocycles. The van der Waals surface area contributed by atoms with Gasteiger partial charge >= 0.3 is 6.18 Å². The van der Waals surface area contributed by atoms with E-state index in [1.54, 1.807) is 38.2 Å². The fourth-order valence-electron chi connectivity index (χ4n) is 2.62. The van der Waals surface area contributed by atoms with Crippen molar-refractivity contribution in [2.45, 2.75) is 31.1 Å². The second kappa shape index (κ2) is 9.79. The molecule has 0 saturated carbocycles. The number of ether oxygens (including phenoxy) is 1. The van der Waals surface area contributed by atoms with E-state index in [0.717, 1.165) is 11.8 Å². The van der Waals surface area contributed by atoms with Crippen molar-refractivity contribution in [1.29, 1.82) is 0 Å². The predicted molar refractivity (Wildman–Crippen MR) is 107 cm³/mol. The molecule has 7 nitrogen and oxygen atoms in total. The van der Waals surface area contributed by atoms with E-state index in [-0.39, 0.29) is 17.3 Å². The van der Waals surface area contributed by atoms with Crippen molar-refractivity contribution < 1.29 is 26.3 Å². The Bertz CT molecular complexity index is 1010. The SMILES string of the molecule is CN=C(NCc1ccnc(OCC(F)(F)F)c1)NCc1ccc(S(C)(=O)=O)c(C)c1. The zero-order valence-electron chi connectivity index (χ0n) is 16.7. The van der Waals surface area contributed by atoms with Crippen molar-refractivity contribution in [2.75, 3.05) is 19.9 Å². The van der Waals surface area contributed by atoms with Gasteiger partial charge in [0, 0.05) is 38.7 Å². The molecule has 1 aromatic heterocycles. The highest BCUT2D eigenvalue weighted by Gasteiger charge is 2.28. The van der Waals surface area contributed by atoms with Crippen LogP contribution in [0.25, 0.3) is 0 Å². The molecule has 0 unspecified atom stereocenters. The molecule has 0 aliphatic heterocycles. The second-order valence-electron chi connectivity index (χ2n) is 6.56. The summed E-state index contributed by atoms with van der Waals surface area (Å²) in [6, 6.07) is 8.13. The van der Waals surface area contributed by atoms with Gasteiger partial charge in [0.1, 0.15) is 0 Å². The standard InChI is InChI=1S/C19H23F3N4O3S/c1-13-8-14(4-5-16(13)30(3,27)28)10-25-18(23-2)26-11-15-6-7-24-17(9-15)29-12-19(20,21)22/h4-9H,10-12H2,1-3H3,(H2,23,25,26). The lowest BCUT2D eigenvalue weighted by atomic mass is 10.1. The van der Waals surface area contributed by atoms with Crippen molar-refractivity contribution in [1.82, 2.24) is 15.6 Å². The average molecular weight is 444 g/mol. The molecular weight excluding hydrogens is 421 g/mol. The van der Waals surface area contributed by atoms with E-state index in [9.17, 15) is 21.6 Å². The summed E-state index contributed by atoms with van der Waals surface area (Å²) < 4.78 is 64.8. The third-order valence-corrected chi connectivity index (χ3v) is 5.22. The molecule has 30 heavy (non-hydrogen) atoms. The second-order valence-corrected chi connectivity index (χ2v) is 8.54. The minimum atomic E-state index is -4.43. The molecule has 164 valence electrons. The normalized spacial score (nSPS) is 12.5. The zero-order valence-corrected chi connectivity index (χ0v) is 17.6. The number of nitrogens with one attached hydrogen (secondary N) is 2. The molecule has 0 amide bonds. The number of benzene rings is 1. The van der Waals surface area contributed by atoms with Crippen LogP contribution in [0.4, 0.5) is 13.2 Å². The summed E-state index contributed by atoms with van der Waals surface area (Å²) in [7, 11) is -1.69. The van der Waals surface area contributed by atoms with Gasteiger partial charge in [0.2, 0.25) is 5.88 Å². The number of pyridine rings is 1. The first-order chi connectivity index (χ1) is 14.0. The van der Waals surface area contributed by atoms with Crippen LogP contribution in [-0.2, 0) is 22.9 Å². The van der Waals surface area contributed by atoms with E-state index in [0.29, 0.717) is 23.6 Å². The fourth-order valence-corrected chi connectivity index (χ4v) is 3.58. The first-order valence-corrected chi connectivity index (χ1v) is 10.8. The van der Waals surface area contributed by atoms with Gasteiger partial charge < -0.3 is 15.4 Å². The van der Waals surface area contributed by atoms with Gasteiger partial charge in [-0.25, -0.2) is 13.4 Å². The van der Waals surface area contributed by atoms with Crippen molar-refractivity contribution in [3.8, 4) is 5.88 Å².